The fourth-order valence-corrected chi connectivity index (χ4v) is 2.76. The van der Waals surface area contributed by atoms with E-state index in [0.29, 0.717) is 11.1 Å². The molecular formula is C21H17F2NO2. The summed E-state index contributed by atoms with van der Waals surface area (Å²) in [6.45, 7) is 1.92. The molecule has 0 amide bonds. The number of anilines is 1. The molecule has 0 spiro atoms. The van der Waals surface area contributed by atoms with Crippen LogP contribution in [0.1, 0.15) is 17.3 Å². The summed E-state index contributed by atoms with van der Waals surface area (Å²) in [4.78, 5) is 12.4. The zero-order valence-electron chi connectivity index (χ0n) is 14.1. The van der Waals surface area contributed by atoms with Gasteiger partial charge in [0.15, 0.2) is 0 Å². The standard InChI is InChI=1S/C21H17F2NO2/c1-2-26-21(25)20-18(14-5-9-17(23)10-6-14)11-15(12-19(20)24)13-3-7-16(22)8-4-13/h3-12H,2,24H2,1H3. The van der Waals surface area contributed by atoms with Crippen molar-refractivity contribution >= 4 is 11.7 Å². The largest absolute Gasteiger partial charge is 0.462 e. The molecule has 0 atom stereocenters. The molecular weight excluding hydrogens is 336 g/mol. The molecule has 3 aromatic rings. The molecule has 0 aliphatic heterocycles. The lowest BCUT2D eigenvalue weighted by atomic mass is 9.93. The highest BCUT2D eigenvalue weighted by Crippen LogP contribution is 2.34. The molecule has 0 aliphatic rings. The molecule has 3 nitrogen and oxygen atoms in total. The van der Waals surface area contributed by atoms with E-state index < -0.39 is 5.97 Å². The van der Waals surface area contributed by atoms with E-state index in [0.717, 1.165) is 11.1 Å². The summed E-state index contributed by atoms with van der Waals surface area (Å²) in [5, 5.41) is 0. The first-order valence-corrected chi connectivity index (χ1v) is 8.12. The monoisotopic (exact) mass is 353 g/mol. The second-order valence-corrected chi connectivity index (χ2v) is 5.72. The van der Waals surface area contributed by atoms with Gasteiger partial charge in [0.05, 0.1) is 12.2 Å². The van der Waals surface area contributed by atoms with Gasteiger partial charge in [-0.1, -0.05) is 24.3 Å². The average Bonchev–Trinajstić information content (AvgIpc) is 2.62. The minimum atomic E-state index is -0.546. The van der Waals surface area contributed by atoms with Crippen molar-refractivity contribution in [2.75, 3.05) is 12.3 Å². The number of halogens is 2. The van der Waals surface area contributed by atoms with E-state index in [2.05, 4.69) is 0 Å². The second-order valence-electron chi connectivity index (χ2n) is 5.72. The molecule has 5 heteroatoms. The van der Waals surface area contributed by atoms with Gasteiger partial charge in [-0.3, -0.25) is 0 Å². The number of carbonyl (C=O) groups is 1. The maximum Gasteiger partial charge on any atom is 0.340 e. The lowest BCUT2D eigenvalue weighted by Crippen LogP contribution is -2.10. The molecule has 0 aromatic heterocycles. The number of nitrogen functional groups attached to an aromatic ring is 1. The Morgan fingerprint density at radius 1 is 0.885 bits per heavy atom. The normalized spacial score (nSPS) is 10.6. The quantitative estimate of drug-likeness (QED) is 0.527. The van der Waals surface area contributed by atoms with Gasteiger partial charge in [-0.05, 0) is 65.6 Å². The van der Waals surface area contributed by atoms with E-state index in [-0.39, 0.29) is 29.5 Å². The van der Waals surface area contributed by atoms with Crippen molar-refractivity contribution in [3.8, 4) is 22.3 Å². The van der Waals surface area contributed by atoms with Crippen LogP contribution in [0.15, 0.2) is 60.7 Å². The molecule has 0 aliphatic carbocycles. The molecule has 26 heavy (non-hydrogen) atoms. The molecule has 0 fully saturated rings. The Morgan fingerprint density at radius 2 is 1.42 bits per heavy atom. The summed E-state index contributed by atoms with van der Waals surface area (Å²) in [6, 6.07) is 15.1. The average molecular weight is 353 g/mol. The van der Waals surface area contributed by atoms with Crippen LogP contribution in [-0.4, -0.2) is 12.6 Å². The number of rotatable bonds is 4. The van der Waals surface area contributed by atoms with Crippen LogP contribution in [0.3, 0.4) is 0 Å². The fraction of sp³-hybridized carbons (Fsp3) is 0.0952. The van der Waals surface area contributed by atoms with Crippen LogP contribution in [0.4, 0.5) is 14.5 Å². The summed E-state index contributed by atoms with van der Waals surface area (Å²) in [7, 11) is 0. The van der Waals surface area contributed by atoms with Gasteiger partial charge in [-0.2, -0.15) is 0 Å². The third-order valence-electron chi connectivity index (χ3n) is 3.98. The Morgan fingerprint density at radius 3 is 1.96 bits per heavy atom. The van der Waals surface area contributed by atoms with Crippen LogP contribution < -0.4 is 5.73 Å². The van der Waals surface area contributed by atoms with Gasteiger partial charge in [-0.25, -0.2) is 13.6 Å². The van der Waals surface area contributed by atoms with E-state index in [1.807, 2.05) is 0 Å². The topological polar surface area (TPSA) is 52.3 Å². The molecule has 3 aromatic carbocycles. The highest BCUT2D eigenvalue weighted by Gasteiger charge is 2.19. The van der Waals surface area contributed by atoms with Crippen molar-refractivity contribution < 1.29 is 18.3 Å². The number of carbonyl (C=O) groups excluding carboxylic acids is 1. The van der Waals surface area contributed by atoms with Crippen LogP contribution in [-0.2, 0) is 4.74 Å². The highest BCUT2D eigenvalue weighted by atomic mass is 19.1. The maximum atomic E-state index is 13.3. The van der Waals surface area contributed by atoms with Gasteiger partial charge in [0, 0.05) is 5.69 Å². The number of esters is 1. The second kappa shape index (κ2) is 7.35. The zero-order chi connectivity index (χ0) is 18.7. The molecule has 2 N–H and O–H groups in total. The van der Waals surface area contributed by atoms with Crippen LogP contribution >= 0.6 is 0 Å². The van der Waals surface area contributed by atoms with Crippen molar-refractivity contribution in [1.82, 2.24) is 0 Å². The summed E-state index contributed by atoms with van der Waals surface area (Å²) < 4.78 is 31.6. The Balaban J connectivity index is 2.20. The van der Waals surface area contributed by atoms with E-state index in [9.17, 15) is 13.6 Å². The lowest BCUT2D eigenvalue weighted by molar-refractivity contribution is 0.0528. The molecule has 0 saturated heterocycles. The van der Waals surface area contributed by atoms with Crippen LogP contribution in [0.25, 0.3) is 22.3 Å². The Bertz CT molecular complexity index is 935. The predicted octanol–water partition coefficient (Wildman–Crippen LogP) is 5.06. The summed E-state index contributed by atoms with van der Waals surface area (Å²) >= 11 is 0. The number of hydrogen-bond donors (Lipinski definition) is 1. The van der Waals surface area contributed by atoms with Crippen LogP contribution in [0.5, 0.6) is 0 Å². The van der Waals surface area contributed by atoms with Gasteiger partial charge in [-0.15, -0.1) is 0 Å². The molecule has 0 heterocycles. The third-order valence-corrected chi connectivity index (χ3v) is 3.98. The van der Waals surface area contributed by atoms with E-state index >= 15 is 0 Å². The smallest absolute Gasteiger partial charge is 0.340 e. The van der Waals surface area contributed by atoms with Crippen molar-refractivity contribution in [2.45, 2.75) is 6.92 Å². The van der Waals surface area contributed by atoms with Crippen molar-refractivity contribution in [2.24, 2.45) is 0 Å². The SMILES string of the molecule is CCOC(=O)c1c(N)cc(-c2ccc(F)cc2)cc1-c1ccc(F)cc1. The maximum absolute atomic E-state index is 13.3. The highest BCUT2D eigenvalue weighted by molar-refractivity contribution is 6.03. The Hall–Kier alpha value is -3.21. The van der Waals surface area contributed by atoms with Gasteiger partial charge in [0.2, 0.25) is 0 Å². The number of benzene rings is 3. The summed E-state index contributed by atoms with van der Waals surface area (Å²) in [5.74, 6) is -1.27. The zero-order valence-corrected chi connectivity index (χ0v) is 14.1. The fourth-order valence-electron chi connectivity index (χ4n) is 2.76. The number of ether oxygens (including phenoxy) is 1. The molecule has 132 valence electrons. The minimum absolute atomic E-state index is 0.209. The lowest BCUT2D eigenvalue weighted by Gasteiger charge is -2.15. The van der Waals surface area contributed by atoms with Crippen molar-refractivity contribution in [3.05, 3.63) is 77.9 Å². The number of hydrogen-bond acceptors (Lipinski definition) is 3. The van der Waals surface area contributed by atoms with Gasteiger partial charge >= 0.3 is 5.97 Å². The Kier molecular flexibility index (Phi) is 4.98. The summed E-state index contributed by atoms with van der Waals surface area (Å²) in [5.41, 5.74) is 9.23. The van der Waals surface area contributed by atoms with E-state index in [4.69, 9.17) is 10.5 Å². The van der Waals surface area contributed by atoms with Crippen LogP contribution in [0.2, 0.25) is 0 Å². The van der Waals surface area contributed by atoms with Crippen LogP contribution in [0, 0.1) is 11.6 Å². The predicted molar refractivity (Wildman–Crippen MR) is 97.6 cm³/mol. The summed E-state index contributed by atoms with van der Waals surface area (Å²) in [6.07, 6.45) is 0. The molecule has 0 radical (unpaired) electrons. The van der Waals surface area contributed by atoms with E-state index in [1.165, 1.54) is 24.3 Å². The van der Waals surface area contributed by atoms with Gasteiger partial charge in [0.25, 0.3) is 0 Å². The van der Waals surface area contributed by atoms with Crippen molar-refractivity contribution in [1.29, 1.82) is 0 Å². The van der Waals surface area contributed by atoms with Gasteiger partial charge < -0.3 is 10.5 Å². The molecule has 0 unspecified atom stereocenters. The van der Waals surface area contributed by atoms with Gasteiger partial charge in [0.1, 0.15) is 11.6 Å². The minimum Gasteiger partial charge on any atom is -0.462 e. The first kappa shape index (κ1) is 17.6. The molecule has 0 saturated carbocycles. The number of nitrogens with two attached hydrogens (primary N) is 1. The van der Waals surface area contributed by atoms with E-state index in [1.54, 1.807) is 43.3 Å². The van der Waals surface area contributed by atoms with Crippen molar-refractivity contribution in [3.63, 3.8) is 0 Å². The first-order chi connectivity index (χ1) is 12.5. The first-order valence-electron chi connectivity index (χ1n) is 8.12. The molecule has 0 bridgehead atoms. The Labute approximate surface area is 150 Å². The molecule has 3 rings (SSSR count). The third kappa shape index (κ3) is 3.57.